The van der Waals surface area contributed by atoms with Crippen LogP contribution in [-0.4, -0.2) is 28.9 Å². The summed E-state index contributed by atoms with van der Waals surface area (Å²) in [5, 5.41) is 17.2. The number of hydrogen-bond donors (Lipinski definition) is 2. The average molecular weight is 393 g/mol. The topological polar surface area (TPSA) is 117 Å². The molecule has 8 nitrogen and oxygen atoms in total. The average Bonchev–Trinajstić information content (AvgIpc) is 3.22. The van der Waals surface area contributed by atoms with Gasteiger partial charge in [0.1, 0.15) is 6.17 Å². The van der Waals surface area contributed by atoms with Crippen LogP contribution in [0.1, 0.15) is 22.1 Å². The smallest absolute Gasteiger partial charge is 0.282 e. The molecule has 1 amide bonds. The second-order valence-corrected chi connectivity index (χ2v) is 8.66. The summed E-state index contributed by atoms with van der Waals surface area (Å²) in [6, 6.07) is 8.84. The number of amidine groups is 1. The molecule has 0 radical (unpaired) electrons. The second kappa shape index (κ2) is 5.95. The number of rotatable bonds is 1. The highest BCUT2D eigenvalue weighted by atomic mass is 32.3. The third kappa shape index (κ3) is 2.95. The summed E-state index contributed by atoms with van der Waals surface area (Å²) in [6.45, 7) is 0. The Morgan fingerprint density at radius 1 is 1.24 bits per heavy atom. The predicted molar refractivity (Wildman–Crippen MR) is 98.9 cm³/mol. The molecule has 0 aliphatic carbocycles. The maximum Gasteiger partial charge on any atom is 0.282 e. The molecule has 128 valence electrons. The number of anilines is 1. The number of sulfonamides is 1. The minimum absolute atomic E-state index is 0.159. The number of thioether (sulfide) groups is 1. The molecule has 0 saturated heterocycles. The monoisotopic (exact) mass is 393 g/mol. The van der Waals surface area contributed by atoms with Gasteiger partial charge in [0.15, 0.2) is 5.17 Å². The van der Waals surface area contributed by atoms with E-state index in [0.29, 0.717) is 11.3 Å². The van der Waals surface area contributed by atoms with Crippen molar-refractivity contribution in [3.05, 3.63) is 52.2 Å². The van der Waals surface area contributed by atoms with Crippen molar-refractivity contribution < 1.29 is 13.2 Å². The minimum Gasteiger partial charge on any atom is -0.359 e. The lowest BCUT2D eigenvalue weighted by molar-refractivity contribution is 0.0855. The number of carbonyl (C=O) groups is 1. The summed E-state index contributed by atoms with van der Waals surface area (Å²) in [7, 11) is -4.04. The van der Waals surface area contributed by atoms with E-state index in [1.54, 1.807) is 24.3 Å². The summed E-state index contributed by atoms with van der Waals surface area (Å²) in [4.78, 5) is 17.3. The molecular formula is C14H11N5O3S3. The van der Waals surface area contributed by atoms with E-state index in [1.807, 2.05) is 16.8 Å². The Morgan fingerprint density at radius 3 is 2.76 bits per heavy atom. The predicted octanol–water partition coefficient (Wildman–Crippen LogP) is 1.98. The summed E-state index contributed by atoms with van der Waals surface area (Å²) >= 11 is 2.28. The SMILES string of the molecule is NS(=O)(=O)C1=NN2C(=O)c3ccccc3NC(c3ccsc3)/N=C\2S1. The normalized spacial score (nSPS) is 22.0. The summed E-state index contributed by atoms with van der Waals surface area (Å²) in [6.07, 6.45) is -0.486. The highest BCUT2D eigenvalue weighted by Crippen LogP contribution is 2.34. The molecule has 11 heteroatoms. The van der Waals surface area contributed by atoms with Gasteiger partial charge in [-0.2, -0.15) is 16.3 Å². The number of benzene rings is 1. The second-order valence-electron chi connectivity index (χ2n) is 5.19. The Morgan fingerprint density at radius 2 is 2.04 bits per heavy atom. The zero-order valence-corrected chi connectivity index (χ0v) is 14.9. The highest BCUT2D eigenvalue weighted by molar-refractivity contribution is 8.42. The quantitative estimate of drug-likeness (QED) is 0.768. The molecule has 25 heavy (non-hydrogen) atoms. The van der Waals surface area contributed by atoms with Gasteiger partial charge in [0.2, 0.25) is 4.38 Å². The van der Waals surface area contributed by atoms with Crippen molar-refractivity contribution in [3.63, 3.8) is 0 Å². The molecule has 1 aromatic heterocycles. The largest absolute Gasteiger partial charge is 0.359 e. The number of para-hydroxylation sites is 1. The van der Waals surface area contributed by atoms with Crippen LogP contribution in [0.3, 0.4) is 0 Å². The number of amides is 1. The number of nitrogens with zero attached hydrogens (tertiary/aromatic N) is 3. The Bertz CT molecular complexity index is 1010. The summed E-state index contributed by atoms with van der Waals surface area (Å²) in [5.41, 5.74) is 1.86. The van der Waals surface area contributed by atoms with Crippen LogP contribution >= 0.6 is 23.1 Å². The summed E-state index contributed by atoms with van der Waals surface area (Å²) < 4.78 is 22.9. The van der Waals surface area contributed by atoms with Crippen LogP contribution in [0.25, 0.3) is 0 Å². The number of nitrogens with one attached hydrogen (secondary N) is 1. The molecule has 0 fully saturated rings. The fraction of sp³-hybridized carbons (Fsp3) is 0.0714. The molecule has 3 N–H and O–H groups in total. The minimum atomic E-state index is -4.04. The number of fused-ring (bicyclic) bond motifs is 2. The molecular weight excluding hydrogens is 382 g/mol. The van der Waals surface area contributed by atoms with Crippen molar-refractivity contribution >= 4 is 54.3 Å². The van der Waals surface area contributed by atoms with Crippen LogP contribution in [0.2, 0.25) is 0 Å². The number of hydrogen-bond acceptors (Lipinski definition) is 8. The molecule has 0 saturated carbocycles. The van der Waals surface area contributed by atoms with Gasteiger partial charge in [-0.1, -0.05) is 12.1 Å². The van der Waals surface area contributed by atoms with Gasteiger partial charge in [-0.05, 0) is 40.7 Å². The van der Waals surface area contributed by atoms with Crippen LogP contribution < -0.4 is 10.5 Å². The van der Waals surface area contributed by atoms with Crippen molar-refractivity contribution in [2.24, 2.45) is 15.2 Å². The van der Waals surface area contributed by atoms with Crippen LogP contribution in [-0.2, 0) is 10.0 Å². The van der Waals surface area contributed by atoms with Gasteiger partial charge in [-0.3, -0.25) is 4.79 Å². The van der Waals surface area contributed by atoms with E-state index in [4.69, 9.17) is 5.14 Å². The van der Waals surface area contributed by atoms with Gasteiger partial charge >= 0.3 is 0 Å². The van der Waals surface area contributed by atoms with Gasteiger partial charge < -0.3 is 5.32 Å². The third-order valence-electron chi connectivity index (χ3n) is 3.53. The van der Waals surface area contributed by atoms with Crippen molar-refractivity contribution in [2.45, 2.75) is 6.17 Å². The lowest BCUT2D eigenvalue weighted by Gasteiger charge is -2.23. The molecule has 1 atom stereocenters. The third-order valence-corrected chi connectivity index (χ3v) is 6.46. The van der Waals surface area contributed by atoms with Crippen molar-refractivity contribution in [1.29, 1.82) is 0 Å². The van der Waals surface area contributed by atoms with E-state index in [1.165, 1.54) is 11.3 Å². The van der Waals surface area contributed by atoms with Crippen LogP contribution in [0, 0.1) is 0 Å². The Hall–Kier alpha value is -2.21. The first-order valence-corrected chi connectivity index (χ1v) is 10.3. The number of carbonyl (C=O) groups excluding carboxylic acids is 1. The van der Waals surface area contributed by atoms with E-state index < -0.39 is 22.1 Å². The van der Waals surface area contributed by atoms with Gasteiger partial charge in [-0.25, -0.2) is 18.5 Å². The van der Waals surface area contributed by atoms with Crippen molar-refractivity contribution in [1.82, 2.24) is 5.01 Å². The van der Waals surface area contributed by atoms with Crippen LogP contribution in [0.4, 0.5) is 5.69 Å². The number of nitrogens with two attached hydrogens (primary N) is 1. The summed E-state index contributed by atoms with van der Waals surface area (Å²) in [5.74, 6) is -0.475. The number of primary sulfonamides is 1. The Labute approximate surface area is 151 Å². The van der Waals surface area contributed by atoms with Crippen LogP contribution in [0.5, 0.6) is 0 Å². The van der Waals surface area contributed by atoms with E-state index >= 15 is 0 Å². The van der Waals surface area contributed by atoms with Crippen LogP contribution in [0.15, 0.2) is 51.2 Å². The highest BCUT2D eigenvalue weighted by Gasteiger charge is 2.37. The van der Waals surface area contributed by atoms with Crippen molar-refractivity contribution in [3.8, 4) is 0 Å². The van der Waals surface area contributed by atoms with Gasteiger partial charge in [-0.15, -0.1) is 5.10 Å². The maximum absolute atomic E-state index is 12.8. The molecule has 2 aliphatic heterocycles. The fourth-order valence-electron chi connectivity index (χ4n) is 2.38. The van der Waals surface area contributed by atoms with Gasteiger partial charge in [0, 0.05) is 11.3 Å². The molecule has 4 rings (SSSR count). The van der Waals surface area contributed by atoms with Gasteiger partial charge in [0.05, 0.1) is 5.56 Å². The molecule has 1 unspecified atom stereocenters. The molecule has 1 aromatic carbocycles. The lowest BCUT2D eigenvalue weighted by Crippen LogP contribution is -2.31. The zero-order valence-electron chi connectivity index (χ0n) is 12.5. The standard InChI is InChI=1S/C14H11N5O3S3/c15-25(21,22)14-18-19-12(20)9-3-1-2-4-10(9)16-11(17-13(19)24-14)8-5-6-23-7-8/h1-7,11,16H,(H2,15,21,22)/b17-13+. The van der Waals surface area contributed by atoms with E-state index in [2.05, 4.69) is 15.4 Å². The molecule has 0 bridgehead atoms. The van der Waals surface area contributed by atoms with Crippen molar-refractivity contribution in [2.75, 3.05) is 5.32 Å². The van der Waals surface area contributed by atoms with E-state index in [9.17, 15) is 13.2 Å². The first-order valence-electron chi connectivity index (χ1n) is 7.02. The Kier molecular flexibility index (Phi) is 3.87. The van der Waals surface area contributed by atoms with E-state index in [-0.39, 0.29) is 9.54 Å². The first-order chi connectivity index (χ1) is 11.9. The Balaban J connectivity index is 1.87. The molecule has 2 aliphatic rings. The lowest BCUT2D eigenvalue weighted by atomic mass is 10.1. The maximum atomic E-state index is 12.8. The molecule has 2 aromatic rings. The number of aliphatic imine (C=N–C) groups is 1. The van der Waals surface area contributed by atoms with Gasteiger partial charge in [0.25, 0.3) is 15.9 Å². The number of thiophene rings is 1. The molecule has 3 heterocycles. The molecule has 0 spiro atoms. The number of hydrazone groups is 1. The fourth-order valence-corrected chi connectivity index (χ4v) is 4.59. The first kappa shape index (κ1) is 16.3. The van der Waals surface area contributed by atoms with E-state index in [0.717, 1.165) is 22.3 Å². The zero-order chi connectivity index (χ0) is 17.6.